The lowest BCUT2D eigenvalue weighted by Gasteiger charge is -2.28. The van der Waals surface area contributed by atoms with Gasteiger partial charge in [0, 0.05) is 0 Å². The van der Waals surface area contributed by atoms with E-state index >= 15 is 0 Å². The first-order valence-corrected chi connectivity index (χ1v) is 7.33. The fraction of sp³-hybridized carbons (Fsp3) is 0.500. The molecule has 114 valence electrons. The number of rotatable bonds is 5. The Morgan fingerprint density at radius 3 is 2.38 bits per heavy atom. The lowest BCUT2D eigenvalue weighted by atomic mass is 9.84. The quantitative estimate of drug-likeness (QED) is 0.876. The van der Waals surface area contributed by atoms with Gasteiger partial charge in [-0.3, -0.25) is 4.79 Å². The lowest BCUT2D eigenvalue weighted by molar-refractivity contribution is -0.143. The summed E-state index contributed by atoms with van der Waals surface area (Å²) in [7, 11) is 0. The number of aliphatic carboxylic acids is 1. The van der Waals surface area contributed by atoms with Gasteiger partial charge in [0.1, 0.15) is 11.9 Å². The molecule has 1 unspecified atom stereocenters. The fourth-order valence-corrected chi connectivity index (χ4v) is 2.86. The molecule has 1 fully saturated rings. The molecule has 0 spiro atoms. The van der Waals surface area contributed by atoms with E-state index in [-0.39, 0.29) is 24.1 Å². The number of carbonyl (C=O) groups is 2. The molecule has 1 amide bonds. The van der Waals surface area contributed by atoms with Gasteiger partial charge < -0.3 is 10.4 Å². The number of amides is 1. The van der Waals surface area contributed by atoms with Gasteiger partial charge in [-0.15, -0.1) is 0 Å². The molecule has 1 aliphatic carbocycles. The minimum Gasteiger partial charge on any atom is -0.480 e. The van der Waals surface area contributed by atoms with Crippen molar-refractivity contribution >= 4 is 11.9 Å². The largest absolute Gasteiger partial charge is 0.480 e. The summed E-state index contributed by atoms with van der Waals surface area (Å²) in [5.74, 6) is -1.66. The van der Waals surface area contributed by atoms with Crippen LogP contribution in [0.5, 0.6) is 0 Å². The summed E-state index contributed by atoms with van der Waals surface area (Å²) in [6, 6.07) is 4.83. The van der Waals surface area contributed by atoms with E-state index in [9.17, 15) is 19.1 Å². The van der Waals surface area contributed by atoms with Crippen LogP contribution in [0.25, 0.3) is 0 Å². The van der Waals surface area contributed by atoms with E-state index in [4.69, 9.17) is 0 Å². The maximum atomic E-state index is 12.8. The molecule has 21 heavy (non-hydrogen) atoms. The van der Waals surface area contributed by atoms with Crippen LogP contribution < -0.4 is 5.32 Å². The van der Waals surface area contributed by atoms with Crippen molar-refractivity contribution in [3.8, 4) is 0 Å². The molecular formula is C16H20FNO3. The first kappa shape index (κ1) is 15.5. The first-order valence-electron chi connectivity index (χ1n) is 7.33. The molecule has 2 N–H and O–H groups in total. The topological polar surface area (TPSA) is 66.4 Å². The molecule has 0 bridgehead atoms. The molecule has 4 nitrogen and oxygen atoms in total. The third-order valence-corrected chi connectivity index (χ3v) is 3.98. The molecule has 1 atom stereocenters. The van der Waals surface area contributed by atoms with Gasteiger partial charge in [0.2, 0.25) is 5.91 Å². The molecule has 1 aromatic carbocycles. The van der Waals surface area contributed by atoms with Crippen LogP contribution in [0.3, 0.4) is 0 Å². The number of hydrogen-bond acceptors (Lipinski definition) is 2. The number of halogens is 1. The highest BCUT2D eigenvalue weighted by molar-refractivity contribution is 5.85. The van der Waals surface area contributed by atoms with Gasteiger partial charge in [-0.1, -0.05) is 31.4 Å². The number of benzene rings is 1. The van der Waals surface area contributed by atoms with Gasteiger partial charge >= 0.3 is 5.97 Å². The van der Waals surface area contributed by atoms with Crippen molar-refractivity contribution in [1.29, 1.82) is 0 Å². The van der Waals surface area contributed by atoms with Crippen molar-refractivity contribution in [3.63, 3.8) is 0 Å². The summed E-state index contributed by atoms with van der Waals surface area (Å²) in [5, 5.41) is 11.9. The van der Waals surface area contributed by atoms with Crippen molar-refractivity contribution in [2.75, 3.05) is 0 Å². The summed E-state index contributed by atoms with van der Waals surface area (Å²) in [6.45, 7) is 0. The number of carboxylic acids is 1. The van der Waals surface area contributed by atoms with Crippen molar-refractivity contribution < 1.29 is 19.1 Å². The monoisotopic (exact) mass is 293 g/mol. The zero-order valence-corrected chi connectivity index (χ0v) is 11.8. The normalized spacial score (nSPS) is 17.2. The summed E-state index contributed by atoms with van der Waals surface area (Å²) >= 11 is 0. The molecule has 0 saturated heterocycles. The summed E-state index contributed by atoms with van der Waals surface area (Å²) in [5.41, 5.74) is 0.668. The van der Waals surface area contributed by atoms with Crippen LogP contribution in [-0.4, -0.2) is 23.0 Å². The zero-order valence-electron chi connectivity index (χ0n) is 11.8. The smallest absolute Gasteiger partial charge is 0.326 e. The van der Waals surface area contributed by atoms with Crippen LogP contribution >= 0.6 is 0 Å². The van der Waals surface area contributed by atoms with E-state index in [2.05, 4.69) is 5.32 Å². The van der Waals surface area contributed by atoms with Gasteiger partial charge in [0.25, 0.3) is 0 Å². The average Bonchev–Trinajstić information content (AvgIpc) is 2.48. The van der Waals surface area contributed by atoms with Crippen LogP contribution in [0.1, 0.15) is 37.7 Å². The Kier molecular flexibility index (Phi) is 5.31. The van der Waals surface area contributed by atoms with E-state index < -0.39 is 12.0 Å². The van der Waals surface area contributed by atoms with Crippen molar-refractivity contribution in [2.45, 2.75) is 44.6 Å². The second-order valence-corrected chi connectivity index (χ2v) is 5.58. The Labute approximate surface area is 123 Å². The summed E-state index contributed by atoms with van der Waals surface area (Å²) in [6.07, 6.45) is 4.91. The highest BCUT2D eigenvalue weighted by Gasteiger charge is 2.30. The Hall–Kier alpha value is -1.91. The van der Waals surface area contributed by atoms with E-state index in [1.807, 2.05) is 0 Å². The Bertz CT molecular complexity index is 495. The highest BCUT2D eigenvalue weighted by atomic mass is 19.1. The zero-order chi connectivity index (χ0) is 15.2. The van der Waals surface area contributed by atoms with E-state index in [0.29, 0.717) is 5.56 Å². The number of nitrogens with one attached hydrogen (secondary N) is 1. The average molecular weight is 293 g/mol. The second-order valence-electron chi connectivity index (χ2n) is 5.58. The minimum atomic E-state index is -0.977. The van der Waals surface area contributed by atoms with Crippen LogP contribution in [0.2, 0.25) is 0 Å². The first-order chi connectivity index (χ1) is 10.1. The van der Waals surface area contributed by atoms with E-state index in [1.54, 1.807) is 0 Å². The summed E-state index contributed by atoms with van der Waals surface area (Å²) < 4.78 is 12.8. The third kappa shape index (κ3) is 4.55. The van der Waals surface area contributed by atoms with Crippen molar-refractivity contribution in [2.24, 2.45) is 5.92 Å². The van der Waals surface area contributed by atoms with Crippen LogP contribution in [0.4, 0.5) is 4.39 Å². The van der Waals surface area contributed by atoms with Crippen molar-refractivity contribution in [1.82, 2.24) is 5.32 Å². The minimum absolute atomic E-state index is 0.00779. The predicted molar refractivity (Wildman–Crippen MR) is 76.2 cm³/mol. The Morgan fingerprint density at radius 1 is 1.19 bits per heavy atom. The van der Waals surface area contributed by atoms with Crippen LogP contribution in [0.15, 0.2) is 24.3 Å². The molecule has 1 saturated carbocycles. The molecule has 1 aliphatic rings. The maximum Gasteiger partial charge on any atom is 0.326 e. The molecular weight excluding hydrogens is 273 g/mol. The highest BCUT2D eigenvalue weighted by Crippen LogP contribution is 2.26. The van der Waals surface area contributed by atoms with Gasteiger partial charge in [0.05, 0.1) is 6.42 Å². The number of carbonyl (C=O) groups excluding carboxylic acids is 1. The number of carboxylic acid groups (broad SMARTS) is 1. The Morgan fingerprint density at radius 2 is 1.81 bits per heavy atom. The SMILES string of the molecule is O=C(Cc1ccc(F)cc1)NC(C(=O)O)C1CCCCC1. The molecule has 0 aromatic heterocycles. The standard InChI is InChI=1S/C16H20FNO3/c17-13-8-6-11(7-9-13)10-14(19)18-15(16(20)21)12-4-2-1-3-5-12/h6-9,12,15H,1-5,10H2,(H,18,19)(H,20,21). The van der Waals surface area contributed by atoms with Gasteiger partial charge in [-0.25, -0.2) is 9.18 Å². The number of hydrogen-bond donors (Lipinski definition) is 2. The van der Waals surface area contributed by atoms with Gasteiger partial charge in [0.15, 0.2) is 0 Å². The third-order valence-electron chi connectivity index (χ3n) is 3.98. The van der Waals surface area contributed by atoms with Crippen molar-refractivity contribution in [3.05, 3.63) is 35.6 Å². The lowest BCUT2D eigenvalue weighted by Crippen LogP contribution is -2.47. The maximum absolute atomic E-state index is 12.8. The summed E-state index contributed by atoms with van der Waals surface area (Å²) in [4.78, 5) is 23.4. The van der Waals surface area contributed by atoms with Gasteiger partial charge in [-0.05, 0) is 36.5 Å². The van der Waals surface area contributed by atoms with Crippen LogP contribution in [-0.2, 0) is 16.0 Å². The molecule has 5 heteroatoms. The van der Waals surface area contributed by atoms with E-state index in [1.165, 1.54) is 24.3 Å². The second kappa shape index (κ2) is 7.20. The molecule has 0 aliphatic heterocycles. The fourth-order valence-electron chi connectivity index (χ4n) is 2.86. The predicted octanol–water partition coefficient (Wildman–Crippen LogP) is 2.52. The Balaban J connectivity index is 1.94. The molecule has 0 heterocycles. The molecule has 0 radical (unpaired) electrons. The van der Waals surface area contributed by atoms with Crippen LogP contribution in [0, 0.1) is 11.7 Å². The molecule has 2 rings (SSSR count). The van der Waals surface area contributed by atoms with E-state index in [0.717, 1.165) is 32.1 Å². The molecule has 1 aromatic rings. The van der Waals surface area contributed by atoms with Gasteiger partial charge in [-0.2, -0.15) is 0 Å².